The SMILES string of the molecule is C=CC1(O)C2CC3CC(C2)CC1(C12CC4CC(CC(C4)C1)C2)C3. The fraction of sp³-hybridized carbons (Fsp3) is 0.909. The van der Waals surface area contributed by atoms with Crippen molar-refractivity contribution < 1.29 is 5.11 Å². The summed E-state index contributed by atoms with van der Waals surface area (Å²) in [7, 11) is 0. The molecule has 1 heteroatoms. The Morgan fingerprint density at radius 1 is 0.696 bits per heavy atom. The highest BCUT2D eigenvalue weighted by molar-refractivity contribution is 5.27. The lowest BCUT2D eigenvalue weighted by Crippen LogP contribution is -2.71. The topological polar surface area (TPSA) is 20.2 Å². The van der Waals surface area contributed by atoms with Crippen LogP contribution in [0.3, 0.4) is 0 Å². The zero-order valence-electron chi connectivity index (χ0n) is 14.5. The number of rotatable bonds is 2. The van der Waals surface area contributed by atoms with E-state index in [1.807, 2.05) is 6.08 Å². The van der Waals surface area contributed by atoms with E-state index < -0.39 is 5.60 Å². The summed E-state index contributed by atoms with van der Waals surface area (Å²) in [4.78, 5) is 0. The van der Waals surface area contributed by atoms with Crippen LogP contribution in [0.4, 0.5) is 0 Å². The van der Waals surface area contributed by atoms with Crippen molar-refractivity contribution in [2.24, 2.45) is 46.3 Å². The Hall–Kier alpha value is -0.300. The number of aliphatic hydroxyl groups is 1. The standard InChI is InChI=1S/C22H32O/c1-2-22(23)19-7-17-6-18(8-19)13-21(22,12-17)20-9-14-3-15(10-20)5-16(4-14)11-20/h2,14-19,23H,1,3-13H2. The highest BCUT2D eigenvalue weighted by Gasteiger charge is 2.72. The summed E-state index contributed by atoms with van der Waals surface area (Å²) < 4.78 is 0. The van der Waals surface area contributed by atoms with E-state index in [2.05, 4.69) is 6.58 Å². The average molecular weight is 312 g/mol. The maximum Gasteiger partial charge on any atom is 0.0914 e. The molecule has 0 aromatic rings. The lowest BCUT2D eigenvalue weighted by Gasteiger charge is -2.74. The largest absolute Gasteiger partial charge is 0.385 e. The summed E-state index contributed by atoms with van der Waals surface area (Å²) in [6.45, 7) is 4.20. The third-order valence-corrected chi connectivity index (χ3v) is 9.93. The first-order valence-electron chi connectivity index (χ1n) is 10.4. The van der Waals surface area contributed by atoms with Gasteiger partial charge in [-0.15, -0.1) is 6.58 Å². The number of hydrogen-bond donors (Lipinski definition) is 1. The van der Waals surface area contributed by atoms with Gasteiger partial charge in [0, 0.05) is 5.41 Å². The Bertz CT molecular complexity index is 513. The van der Waals surface area contributed by atoms with E-state index in [-0.39, 0.29) is 5.41 Å². The van der Waals surface area contributed by atoms with Crippen molar-refractivity contribution in [3.8, 4) is 0 Å². The lowest BCUT2D eigenvalue weighted by molar-refractivity contribution is -0.283. The Kier molecular flexibility index (Phi) is 2.48. The molecule has 0 amide bonds. The van der Waals surface area contributed by atoms with Gasteiger partial charge in [-0.3, -0.25) is 0 Å². The van der Waals surface area contributed by atoms with E-state index in [0.29, 0.717) is 11.3 Å². The Morgan fingerprint density at radius 2 is 1.13 bits per heavy atom. The number of hydrogen-bond acceptors (Lipinski definition) is 1. The van der Waals surface area contributed by atoms with E-state index in [4.69, 9.17) is 0 Å². The molecular formula is C22H32O. The average Bonchev–Trinajstić information content (AvgIpc) is 2.50. The van der Waals surface area contributed by atoms with Crippen molar-refractivity contribution in [2.75, 3.05) is 0 Å². The van der Waals surface area contributed by atoms with E-state index in [1.165, 1.54) is 70.6 Å². The molecule has 8 rings (SSSR count). The zero-order chi connectivity index (χ0) is 15.4. The lowest BCUT2D eigenvalue weighted by atomic mass is 9.31. The van der Waals surface area contributed by atoms with Gasteiger partial charge in [-0.05, 0) is 112 Å². The van der Waals surface area contributed by atoms with Gasteiger partial charge in [0.2, 0.25) is 0 Å². The van der Waals surface area contributed by atoms with Crippen LogP contribution in [-0.4, -0.2) is 10.7 Å². The molecule has 8 saturated carbocycles. The van der Waals surface area contributed by atoms with E-state index in [9.17, 15) is 5.11 Å². The molecule has 1 nitrogen and oxygen atoms in total. The first-order valence-corrected chi connectivity index (χ1v) is 10.4. The summed E-state index contributed by atoms with van der Waals surface area (Å²) >= 11 is 0. The van der Waals surface area contributed by atoms with Crippen molar-refractivity contribution in [2.45, 2.75) is 76.2 Å². The molecule has 3 atom stereocenters. The predicted octanol–water partition coefficient (Wildman–Crippen LogP) is 4.95. The summed E-state index contributed by atoms with van der Waals surface area (Å²) in [6, 6.07) is 0. The minimum Gasteiger partial charge on any atom is -0.385 e. The van der Waals surface area contributed by atoms with Gasteiger partial charge < -0.3 is 5.11 Å². The molecule has 0 aromatic carbocycles. The van der Waals surface area contributed by atoms with Crippen LogP contribution in [0.25, 0.3) is 0 Å². The van der Waals surface area contributed by atoms with Crippen LogP contribution in [0.15, 0.2) is 12.7 Å². The minimum absolute atomic E-state index is 0.201. The molecule has 0 aliphatic heterocycles. The van der Waals surface area contributed by atoms with Gasteiger partial charge in [0.15, 0.2) is 0 Å². The van der Waals surface area contributed by atoms with Gasteiger partial charge in [-0.25, -0.2) is 0 Å². The van der Waals surface area contributed by atoms with E-state index in [0.717, 1.165) is 29.6 Å². The van der Waals surface area contributed by atoms with Gasteiger partial charge in [-0.2, -0.15) is 0 Å². The molecule has 126 valence electrons. The Labute approximate surface area is 140 Å². The first-order chi connectivity index (χ1) is 11.1. The molecule has 8 fully saturated rings. The fourth-order valence-electron chi connectivity index (χ4n) is 9.96. The molecule has 3 unspecified atom stereocenters. The van der Waals surface area contributed by atoms with Crippen molar-refractivity contribution in [3.05, 3.63) is 12.7 Å². The highest BCUT2D eigenvalue weighted by Crippen LogP contribution is 2.77. The Morgan fingerprint density at radius 3 is 1.57 bits per heavy atom. The molecule has 0 aromatic heterocycles. The fourth-order valence-corrected chi connectivity index (χ4v) is 9.96. The molecule has 8 aliphatic rings. The molecule has 23 heavy (non-hydrogen) atoms. The van der Waals surface area contributed by atoms with Crippen LogP contribution in [-0.2, 0) is 0 Å². The summed E-state index contributed by atoms with van der Waals surface area (Å²) in [6.07, 6.45) is 17.6. The van der Waals surface area contributed by atoms with E-state index in [1.54, 1.807) is 0 Å². The van der Waals surface area contributed by atoms with E-state index >= 15 is 0 Å². The van der Waals surface area contributed by atoms with Crippen LogP contribution in [0.2, 0.25) is 0 Å². The second-order valence-electron chi connectivity index (χ2n) is 10.9. The van der Waals surface area contributed by atoms with Crippen molar-refractivity contribution in [1.82, 2.24) is 0 Å². The molecule has 0 spiro atoms. The predicted molar refractivity (Wildman–Crippen MR) is 91.7 cm³/mol. The van der Waals surface area contributed by atoms with Gasteiger partial charge in [0.25, 0.3) is 0 Å². The van der Waals surface area contributed by atoms with Crippen molar-refractivity contribution in [1.29, 1.82) is 0 Å². The Balaban J connectivity index is 1.52. The quantitative estimate of drug-likeness (QED) is 0.716. The van der Waals surface area contributed by atoms with Gasteiger partial charge >= 0.3 is 0 Å². The van der Waals surface area contributed by atoms with Crippen molar-refractivity contribution >= 4 is 0 Å². The van der Waals surface area contributed by atoms with Crippen LogP contribution in [0.1, 0.15) is 70.6 Å². The third-order valence-electron chi connectivity index (χ3n) is 9.93. The second kappa shape index (κ2) is 4.09. The molecule has 0 radical (unpaired) electrons. The first kappa shape index (κ1) is 13.9. The smallest absolute Gasteiger partial charge is 0.0914 e. The summed E-state index contributed by atoms with van der Waals surface area (Å²) in [5, 5.41) is 12.0. The third kappa shape index (κ3) is 1.47. The maximum atomic E-state index is 12.0. The normalized spacial score (nSPS) is 65.3. The van der Waals surface area contributed by atoms with Crippen LogP contribution < -0.4 is 0 Å². The molecule has 8 aliphatic carbocycles. The van der Waals surface area contributed by atoms with Crippen LogP contribution in [0.5, 0.6) is 0 Å². The van der Waals surface area contributed by atoms with Gasteiger partial charge in [0.1, 0.15) is 0 Å². The monoisotopic (exact) mass is 312 g/mol. The highest BCUT2D eigenvalue weighted by atomic mass is 16.3. The van der Waals surface area contributed by atoms with Crippen molar-refractivity contribution in [3.63, 3.8) is 0 Å². The molecule has 1 N–H and O–H groups in total. The van der Waals surface area contributed by atoms with Crippen LogP contribution in [0, 0.1) is 46.3 Å². The van der Waals surface area contributed by atoms with Crippen LogP contribution >= 0.6 is 0 Å². The van der Waals surface area contributed by atoms with Gasteiger partial charge in [0.05, 0.1) is 5.60 Å². The zero-order valence-corrected chi connectivity index (χ0v) is 14.5. The molecule has 0 heterocycles. The minimum atomic E-state index is -0.550. The second-order valence-corrected chi connectivity index (χ2v) is 10.9. The summed E-state index contributed by atoms with van der Waals surface area (Å²) in [5.41, 5.74) is 0.124. The summed E-state index contributed by atoms with van der Waals surface area (Å²) in [5.74, 6) is 5.33. The molecule has 0 saturated heterocycles. The molecule has 8 bridgehead atoms. The molecular weight excluding hydrogens is 280 g/mol. The van der Waals surface area contributed by atoms with Gasteiger partial charge in [-0.1, -0.05) is 6.08 Å². The maximum absolute atomic E-state index is 12.0.